The molecule has 24 heavy (non-hydrogen) atoms. The van der Waals surface area contributed by atoms with Crippen LogP contribution in [0.25, 0.3) is 0 Å². The van der Waals surface area contributed by atoms with Gasteiger partial charge >= 0.3 is 0 Å². The van der Waals surface area contributed by atoms with E-state index in [0.717, 1.165) is 5.56 Å². The van der Waals surface area contributed by atoms with Gasteiger partial charge in [-0.3, -0.25) is 14.9 Å². The fraction of sp³-hybridized carbons (Fsp3) is 0.235. The van der Waals surface area contributed by atoms with Gasteiger partial charge in [0.05, 0.1) is 16.5 Å². The highest BCUT2D eigenvalue weighted by Gasteiger charge is 2.31. The van der Waals surface area contributed by atoms with E-state index in [9.17, 15) is 14.9 Å². The SMILES string of the molecule is Nc1ccc([N+](=O)[O-])cc1C(=O)N[C@@H]1CCO[C@@H]1c1ccccc1. The molecule has 0 unspecified atom stereocenters. The van der Waals surface area contributed by atoms with E-state index >= 15 is 0 Å². The molecule has 0 spiro atoms. The van der Waals surface area contributed by atoms with Crippen molar-refractivity contribution >= 4 is 17.3 Å². The number of ether oxygens (including phenoxy) is 1. The van der Waals surface area contributed by atoms with Gasteiger partial charge in [0.15, 0.2) is 0 Å². The lowest BCUT2D eigenvalue weighted by atomic mass is 10.0. The first kappa shape index (κ1) is 15.9. The molecular weight excluding hydrogens is 310 g/mol. The lowest BCUT2D eigenvalue weighted by molar-refractivity contribution is -0.384. The molecule has 3 N–H and O–H groups in total. The van der Waals surface area contributed by atoms with Gasteiger partial charge in [0.2, 0.25) is 0 Å². The summed E-state index contributed by atoms with van der Waals surface area (Å²) >= 11 is 0. The zero-order chi connectivity index (χ0) is 17.1. The van der Waals surface area contributed by atoms with Gasteiger partial charge in [0.25, 0.3) is 11.6 Å². The van der Waals surface area contributed by atoms with Crippen molar-refractivity contribution in [2.75, 3.05) is 12.3 Å². The molecule has 124 valence electrons. The standard InChI is InChI=1S/C17H17N3O4/c18-14-7-6-12(20(22)23)10-13(14)17(21)19-15-8-9-24-16(15)11-4-2-1-3-5-11/h1-7,10,15-16H,8-9,18H2,(H,19,21)/t15-,16-/m1/s1. The molecule has 0 bridgehead atoms. The third kappa shape index (κ3) is 3.21. The Bertz CT molecular complexity index is 764. The number of amides is 1. The Morgan fingerprint density at radius 1 is 1.25 bits per heavy atom. The minimum Gasteiger partial charge on any atom is -0.398 e. The molecule has 2 aromatic rings. The Morgan fingerprint density at radius 3 is 2.71 bits per heavy atom. The predicted molar refractivity (Wildman–Crippen MR) is 88.5 cm³/mol. The van der Waals surface area contributed by atoms with E-state index in [1.54, 1.807) is 0 Å². The Labute approximate surface area is 138 Å². The Hall–Kier alpha value is -2.93. The van der Waals surface area contributed by atoms with Crippen LogP contribution in [-0.4, -0.2) is 23.5 Å². The van der Waals surface area contributed by atoms with Crippen LogP contribution in [0.1, 0.15) is 28.4 Å². The largest absolute Gasteiger partial charge is 0.398 e. The van der Waals surface area contributed by atoms with Gasteiger partial charge in [-0.2, -0.15) is 0 Å². The summed E-state index contributed by atoms with van der Waals surface area (Å²) < 4.78 is 5.73. The fourth-order valence-corrected chi connectivity index (χ4v) is 2.81. The number of nitro benzene ring substituents is 1. The minimum absolute atomic E-state index is 0.0999. The molecule has 1 heterocycles. The maximum atomic E-state index is 12.5. The van der Waals surface area contributed by atoms with E-state index in [1.807, 2.05) is 30.3 Å². The number of nitrogen functional groups attached to an aromatic ring is 1. The average molecular weight is 327 g/mol. The van der Waals surface area contributed by atoms with Crippen molar-refractivity contribution < 1.29 is 14.5 Å². The second-order valence-electron chi connectivity index (χ2n) is 5.60. The highest BCUT2D eigenvalue weighted by Crippen LogP contribution is 2.29. The third-order valence-electron chi connectivity index (χ3n) is 4.03. The Kier molecular flexibility index (Phi) is 4.43. The molecule has 0 radical (unpaired) electrons. The van der Waals surface area contributed by atoms with Crippen LogP contribution >= 0.6 is 0 Å². The number of benzene rings is 2. The van der Waals surface area contributed by atoms with Crippen LogP contribution in [0.4, 0.5) is 11.4 Å². The van der Waals surface area contributed by atoms with Crippen LogP contribution < -0.4 is 11.1 Å². The number of nitrogens with zero attached hydrogens (tertiary/aromatic N) is 1. The van der Waals surface area contributed by atoms with E-state index in [2.05, 4.69) is 5.32 Å². The molecule has 7 nitrogen and oxygen atoms in total. The number of nitrogens with one attached hydrogen (secondary N) is 1. The van der Waals surface area contributed by atoms with E-state index in [1.165, 1.54) is 18.2 Å². The maximum absolute atomic E-state index is 12.5. The first-order chi connectivity index (χ1) is 11.6. The van der Waals surface area contributed by atoms with Gasteiger partial charge in [-0.15, -0.1) is 0 Å². The van der Waals surface area contributed by atoms with E-state index in [-0.39, 0.29) is 29.1 Å². The van der Waals surface area contributed by atoms with Crippen LogP contribution in [-0.2, 0) is 4.74 Å². The smallest absolute Gasteiger partial charge is 0.270 e. The normalized spacial score (nSPS) is 19.8. The number of anilines is 1. The molecule has 1 saturated heterocycles. The van der Waals surface area contributed by atoms with E-state index < -0.39 is 10.8 Å². The molecule has 0 saturated carbocycles. The Morgan fingerprint density at radius 2 is 2.00 bits per heavy atom. The number of nitrogens with two attached hydrogens (primary N) is 1. The topological polar surface area (TPSA) is 107 Å². The first-order valence-corrected chi connectivity index (χ1v) is 7.57. The van der Waals surface area contributed by atoms with Crippen molar-refractivity contribution in [1.82, 2.24) is 5.32 Å². The number of carbonyl (C=O) groups excluding carboxylic acids is 1. The number of nitro groups is 1. The van der Waals surface area contributed by atoms with Gasteiger partial charge < -0.3 is 15.8 Å². The summed E-state index contributed by atoms with van der Waals surface area (Å²) in [5, 5.41) is 13.8. The van der Waals surface area contributed by atoms with Gasteiger partial charge in [-0.05, 0) is 18.1 Å². The van der Waals surface area contributed by atoms with Gasteiger partial charge in [-0.1, -0.05) is 30.3 Å². The molecule has 7 heteroatoms. The van der Waals surface area contributed by atoms with Crippen LogP contribution in [0.2, 0.25) is 0 Å². The van der Waals surface area contributed by atoms with Crippen LogP contribution in [0.5, 0.6) is 0 Å². The summed E-state index contributed by atoms with van der Waals surface area (Å²) in [7, 11) is 0. The summed E-state index contributed by atoms with van der Waals surface area (Å²) in [5.74, 6) is -0.437. The molecule has 1 aliphatic heterocycles. The molecule has 2 atom stereocenters. The van der Waals surface area contributed by atoms with Crippen molar-refractivity contribution in [1.29, 1.82) is 0 Å². The van der Waals surface area contributed by atoms with Crippen LogP contribution in [0, 0.1) is 10.1 Å². The number of hydrogen-bond acceptors (Lipinski definition) is 5. The molecule has 0 aromatic heterocycles. The van der Waals surface area contributed by atoms with E-state index in [0.29, 0.717) is 13.0 Å². The van der Waals surface area contributed by atoms with Crippen molar-refractivity contribution in [3.8, 4) is 0 Å². The molecule has 3 rings (SSSR count). The average Bonchev–Trinajstić information content (AvgIpc) is 3.03. The summed E-state index contributed by atoms with van der Waals surface area (Å²) in [4.78, 5) is 22.8. The second-order valence-corrected chi connectivity index (χ2v) is 5.60. The monoisotopic (exact) mass is 327 g/mol. The third-order valence-corrected chi connectivity index (χ3v) is 4.03. The molecular formula is C17H17N3O4. The predicted octanol–water partition coefficient (Wildman–Crippen LogP) is 2.44. The summed E-state index contributed by atoms with van der Waals surface area (Å²) in [6, 6.07) is 13.2. The maximum Gasteiger partial charge on any atom is 0.270 e. The summed E-state index contributed by atoms with van der Waals surface area (Å²) in [5.41, 5.74) is 6.91. The van der Waals surface area contributed by atoms with Crippen LogP contribution in [0.3, 0.4) is 0 Å². The highest BCUT2D eigenvalue weighted by molar-refractivity contribution is 6.00. The van der Waals surface area contributed by atoms with Crippen molar-refractivity contribution in [3.63, 3.8) is 0 Å². The second kappa shape index (κ2) is 6.67. The molecule has 0 aliphatic carbocycles. The van der Waals surface area contributed by atoms with Gasteiger partial charge in [0, 0.05) is 24.4 Å². The quantitative estimate of drug-likeness (QED) is 0.509. The zero-order valence-electron chi connectivity index (χ0n) is 12.8. The number of carbonyl (C=O) groups is 1. The van der Waals surface area contributed by atoms with Crippen molar-refractivity contribution in [2.24, 2.45) is 0 Å². The zero-order valence-corrected chi connectivity index (χ0v) is 12.8. The van der Waals surface area contributed by atoms with Crippen molar-refractivity contribution in [3.05, 3.63) is 69.8 Å². The molecule has 1 fully saturated rings. The highest BCUT2D eigenvalue weighted by atomic mass is 16.6. The van der Waals surface area contributed by atoms with Crippen molar-refractivity contribution in [2.45, 2.75) is 18.6 Å². The number of non-ortho nitro benzene ring substituents is 1. The van der Waals surface area contributed by atoms with E-state index in [4.69, 9.17) is 10.5 Å². The molecule has 1 aliphatic rings. The summed E-state index contributed by atoms with van der Waals surface area (Å²) in [6.45, 7) is 0.537. The van der Waals surface area contributed by atoms with Gasteiger partial charge in [-0.25, -0.2) is 0 Å². The number of hydrogen-bond donors (Lipinski definition) is 2. The molecule has 2 aromatic carbocycles. The van der Waals surface area contributed by atoms with Crippen LogP contribution in [0.15, 0.2) is 48.5 Å². The lowest BCUT2D eigenvalue weighted by Crippen LogP contribution is -2.37. The van der Waals surface area contributed by atoms with Gasteiger partial charge in [0.1, 0.15) is 6.10 Å². The molecule has 1 amide bonds. The fourth-order valence-electron chi connectivity index (χ4n) is 2.81. The number of rotatable bonds is 4. The Balaban J connectivity index is 1.79. The summed E-state index contributed by atoms with van der Waals surface area (Å²) in [6.07, 6.45) is 0.426. The lowest BCUT2D eigenvalue weighted by Gasteiger charge is -2.20. The first-order valence-electron chi connectivity index (χ1n) is 7.57. The minimum atomic E-state index is -0.554.